The van der Waals surface area contributed by atoms with Gasteiger partial charge in [0.2, 0.25) is 0 Å². The Morgan fingerprint density at radius 2 is 2.17 bits per heavy atom. The molecule has 2 N–H and O–H groups in total. The third-order valence-electron chi connectivity index (χ3n) is 4.66. The number of H-pyrrole nitrogens is 1. The van der Waals surface area contributed by atoms with E-state index < -0.39 is 0 Å². The van der Waals surface area contributed by atoms with Gasteiger partial charge in [0.25, 0.3) is 5.91 Å². The number of nitrogens with zero attached hydrogens (tertiary/aromatic N) is 4. The highest BCUT2D eigenvalue weighted by atomic mass is 16.1. The van der Waals surface area contributed by atoms with Crippen molar-refractivity contribution in [2.75, 3.05) is 5.32 Å². The number of aromatic nitrogens is 5. The predicted octanol–water partition coefficient (Wildman–Crippen LogP) is 2.83. The summed E-state index contributed by atoms with van der Waals surface area (Å²) in [5.74, 6) is 1.11. The van der Waals surface area contributed by atoms with Crippen LogP contribution in [0.25, 0.3) is 5.65 Å². The van der Waals surface area contributed by atoms with Gasteiger partial charge in [-0.1, -0.05) is 32.1 Å². The zero-order chi connectivity index (χ0) is 16.4. The SMILES string of the molecule is O=C(Nc1cc(CC2CCCCC2)[nH]n1)c1ccc2nncn2c1. The second-order valence-corrected chi connectivity index (χ2v) is 6.45. The topological polar surface area (TPSA) is 88.0 Å². The van der Waals surface area contributed by atoms with Gasteiger partial charge in [0.05, 0.1) is 5.56 Å². The van der Waals surface area contributed by atoms with E-state index in [1.807, 2.05) is 6.07 Å². The molecule has 124 valence electrons. The number of rotatable bonds is 4. The van der Waals surface area contributed by atoms with E-state index >= 15 is 0 Å². The fraction of sp³-hybridized carbons (Fsp3) is 0.412. The Kier molecular flexibility index (Phi) is 3.98. The van der Waals surface area contributed by atoms with Crippen LogP contribution in [0.1, 0.15) is 48.2 Å². The second kappa shape index (κ2) is 6.43. The van der Waals surface area contributed by atoms with Gasteiger partial charge in [0, 0.05) is 18.0 Å². The molecule has 3 aromatic rings. The molecular weight excluding hydrogens is 304 g/mol. The maximum Gasteiger partial charge on any atom is 0.258 e. The minimum Gasteiger partial charge on any atom is -0.305 e. The molecular formula is C17H20N6O. The summed E-state index contributed by atoms with van der Waals surface area (Å²) >= 11 is 0. The Morgan fingerprint density at radius 3 is 3.04 bits per heavy atom. The van der Waals surface area contributed by atoms with Crippen LogP contribution in [-0.4, -0.2) is 30.7 Å². The second-order valence-electron chi connectivity index (χ2n) is 6.45. The lowest BCUT2D eigenvalue weighted by Gasteiger charge is -2.20. The molecule has 1 aliphatic carbocycles. The summed E-state index contributed by atoms with van der Waals surface area (Å²) in [5, 5.41) is 17.8. The maximum absolute atomic E-state index is 12.4. The van der Waals surface area contributed by atoms with E-state index in [1.165, 1.54) is 32.1 Å². The van der Waals surface area contributed by atoms with E-state index in [9.17, 15) is 4.79 Å². The van der Waals surface area contributed by atoms with E-state index in [1.54, 1.807) is 29.1 Å². The molecule has 4 rings (SSSR count). The molecule has 0 aliphatic heterocycles. The van der Waals surface area contributed by atoms with Crippen LogP contribution < -0.4 is 5.32 Å². The summed E-state index contributed by atoms with van der Waals surface area (Å²) in [6.45, 7) is 0. The first-order valence-corrected chi connectivity index (χ1v) is 8.43. The van der Waals surface area contributed by atoms with E-state index in [0.29, 0.717) is 17.0 Å². The lowest BCUT2D eigenvalue weighted by atomic mass is 9.86. The molecule has 7 heteroatoms. The van der Waals surface area contributed by atoms with Crippen molar-refractivity contribution in [3.05, 3.63) is 42.0 Å². The monoisotopic (exact) mass is 324 g/mol. The predicted molar refractivity (Wildman–Crippen MR) is 89.8 cm³/mol. The molecule has 0 bridgehead atoms. The van der Waals surface area contributed by atoms with Gasteiger partial charge in [-0.05, 0) is 24.5 Å². The van der Waals surface area contributed by atoms with Crippen molar-refractivity contribution in [3.63, 3.8) is 0 Å². The van der Waals surface area contributed by atoms with Crippen molar-refractivity contribution >= 4 is 17.4 Å². The normalized spacial score (nSPS) is 15.7. The molecule has 0 unspecified atom stereocenters. The minimum absolute atomic E-state index is 0.193. The van der Waals surface area contributed by atoms with E-state index in [2.05, 4.69) is 25.7 Å². The molecule has 1 amide bonds. The highest BCUT2D eigenvalue weighted by Gasteiger charge is 2.16. The number of aromatic amines is 1. The molecule has 24 heavy (non-hydrogen) atoms. The van der Waals surface area contributed by atoms with Gasteiger partial charge >= 0.3 is 0 Å². The fourth-order valence-electron chi connectivity index (χ4n) is 3.38. The number of hydrogen-bond acceptors (Lipinski definition) is 4. The molecule has 0 atom stereocenters. The van der Waals surface area contributed by atoms with Gasteiger partial charge < -0.3 is 5.32 Å². The summed E-state index contributed by atoms with van der Waals surface area (Å²) in [6.07, 6.45) is 10.9. The van der Waals surface area contributed by atoms with Crippen LogP contribution in [0.15, 0.2) is 30.7 Å². The Balaban J connectivity index is 1.41. The number of anilines is 1. The number of carbonyl (C=O) groups excluding carboxylic acids is 1. The third-order valence-corrected chi connectivity index (χ3v) is 4.66. The number of nitrogens with one attached hydrogen (secondary N) is 2. The molecule has 3 heterocycles. The first-order valence-electron chi connectivity index (χ1n) is 8.43. The Labute approximate surface area is 139 Å². The van der Waals surface area contributed by atoms with Crippen LogP contribution >= 0.6 is 0 Å². The van der Waals surface area contributed by atoms with Crippen LogP contribution in [0.4, 0.5) is 5.82 Å². The van der Waals surface area contributed by atoms with E-state index in [-0.39, 0.29) is 5.91 Å². The van der Waals surface area contributed by atoms with Gasteiger partial charge in [-0.25, -0.2) is 0 Å². The molecule has 1 fully saturated rings. The first kappa shape index (κ1) is 14.9. The van der Waals surface area contributed by atoms with Gasteiger partial charge in [-0.15, -0.1) is 10.2 Å². The number of amides is 1. The summed E-state index contributed by atoms with van der Waals surface area (Å²) in [4.78, 5) is 12.4. The van der Waals surface area contributed by atoms with Gasteiger partial charge in [-0.2, -0.15) is 5.10 Å². The van der Waals surface area contributed by atoms with Crippen molar-refractivity contribution in [3.8, 4) is 0 Å². The smallest absolute Gasteiger partial charge is 0.258 e. The quantitative estimate of drug-likeness (QED) is 0.772. The lowest BCUT2D eigenvalue weighted by Crippen LogP contribution is -2.12. The van der Waals surface area contributed by atoms with E-state index in [4.69, 9.17) is 0 Å². The Bertz CT molecular complexity index is 846. The number of hydrogen-bond donors (Lipinski definition) is 2. The highest BCUT2D eigenvalue weighted by Crippen LogP contribution is 2.26. The number of pyridine rings is 1. The Morgan fingerprint density at radius 1 is 1.29 bits per heavy atom. The summed E-state index contributed by atoms with van der Waals surface area (Å²) in [6, 6.07) is 5.43. The fourth-order valence-corrected chi connectivity index (χ4v) is 3.38. The van der Waals surface area contributed by atoms with Crippen LogP contribution in [0.3, 0.4) is 0 Å². The average Bonchev–Trinajstić information content (AvgIpc) is 3.24. The highest BCUT2D eigenvalue weighted by molar-refractivity contribution is 6.03. The summed E-state index contributed by atoms with van der Waals surface area (Å²) in [7, 11) is 0. The molecule has 7 nitrogen and oxygen atoms in total. The van der Waals surface area contributed by atoms with Crippen LogP contribution in [0.2, 0.25) is 0 Å². The van der Waals surface area contributed by atoms with Crippen LogP contribution in [0.5, 0.6) is 0 Å². The van der Waals surface area contributed by atoms with Crippen LogP contribution in [-0.2, 0) is 6.42 Å². The maximum atomic E-state index is 12.4. The molecule has 0 aromatic carbocycles. The molecule has 3 aromatic heterocycles. The van der Waals surface area contributed by atoms with Gasteiger partial charge in [0.15, 0.2) is 11.5 Å². The van der Waals surface area contributed by atoms with Gasteiger partial charge in [-0.3, -0.25) is 14.3 Å². The van der Waals surface area contributed by atoms with Crippen molar-refractivity contribution in [2.24, 2.45) is 5.92 Å². The molecule has 0 spiro atoms. The van der Waals surface area contributed by atoms with Crippen molar-refractivity contribution < 1.29 is 4.79 Å². The Hall–Kier alpha value is -2.70. The largest absolute Gasteiger partial charge is 0.305 e. The molecule has 1 saturated carbocycles. The minimum atomic E-state index is -0.193. The summed E-state index contributed by atoms with van der Waals surface area (Å²) in [5.41, 5.74) is 2.34. The zero-order valence-corrected chi connectivity index (χ0v) is 13.4. The van der Waals surface area contributed by atoms with Gasteiger partial charge in [0.1, 0.15) is 6.33 Å². The molecule has 1 aliphatic rings. The number of carbonyl (C=O) groups is 1. The van der Waals surface area contributed by atoms with E-state index in [0.717, 1.165) is 18.0 Å². The molecule has 0 saturated heterocycles. The van der Waals surface area contributed by atoms with Crippen molar-refractivity contribution in [1.82, 2.24) is 24.8 Å². The third kappa shape index (κ3) is 3.15. The van der Waals surface area contributed by atoms with Crippen molar-refractivity contribution in [1.29, 1.82) is 0 Å². The lowest BCUT2D eigenvalue weighted by molar-refractivity contribution is 0.102. The first-order chi connectivity index (χ1) is 11.8. The molecule has 0 radical (unpaired) electrons. The standard InChI is InChI=1S/C17H20N6O/c24-17(13-6-7-16-22-18-11-23(16)10-13)19-15-9-14(20-21-15)8-12-4-2-1-3-5-12/h6-7,9-12H,1-5,8H2,(H2,19,20,21,24). The summed E-state index contributed by atoms with van der Waals surface area (Å²) < 4.78 is 1.72. The number of fused-ring (bicyclic) bond motifs is 1. The van der Waals surface area contributed by atoms with Crippen molar-refractivity contribution in [2.45, 2.75) is 38.5 Å². The average molecular weight is 324 g/mol. The zero-order valence-electron chi connectivity index (χ0n) is 13.4. The van der Waals surface area contributed by atoms with Crippen LogP contribution in [0, 0.1) is 5.92 Å².